The van der Waals surface area contributed by atoms with Gasteiger partial charge in [0.1, 0.15) is 23.4 Å². The number of hydrogen-bond donors (Lipinski definition) is 3. The first-order chi connectivity index (χ1) is 7.95. The number of rotatable bonds is 4. The van der Waals surface area contributed by atoms with Crippen molar-refractivity contribution in [2.45, 2.75) is 19.6 Å². The van der Waals surface area contributed by atoms with Gasteiger partial charge in [-0.2, -0.15) is 0 Å². The molecule has 0 saturated carbocycles. The fourth-order valence-electron chi connectivity index (χ4n) is 1.07. The van der Waals surface area contributed by atoms with Gasteiger partial charge in [0, 0.05) is 4.47 Å². The highest BCUT2D eigenvalue weighted by Crippen LogP contribution is 2.19. The van der Waals surface area contributed by atoms with Gasteiger partial charge in [0.25, 0.3) is 5.91 Å². The van der Waals surface area contributed by atoms with Gasteiger partial charge in [0.2, 0.25) is 0 Å². The van der Waals surface area contributed by atoms with Crippen molar-refractivity contribution >= 4 is 21.8 Å². The molecule has 0 aliphatic heterocycles. The minimum Gasteiger partial charge on any atom is -0.377 e. The Bertz CT molecular complexity index is 406. The molecule has 0 heterocycles. The van der Waals surface area contributed by atoms with Crippen LogP contribution in [0, 0.1) is 11.6 Å². The highest BCUT2D eigenvalue weighted by molar-refractivity contribution is 9.10. The van der Waals surface area contributed by atoms with Gasteiger partial charge >= 0.3 is 0 Å². The number of halogens is 3. The smallest absolute Gasteiger partial charge is 0.271 e. The maximum Gasteiger partial charge on any atom is 0.271 e. The van der Waals surface area contributed by atoms with E-state index in [2.05, 4.69) is 21.4 Å². The van der Waals surface area contributed by atoms with Crippen LogP contribution in [0.3, 0.4) is 0 Å². The zero-order chi connectivity index (χ0) is 13.0. The van der Waals surface area contributed by atoms with Crippen LogP contribution in [-0.2, 0) is 0 Å². The second-order valence-corrected chi connectivity index (χ2v) is 4.18. The van der Waals surface area contributed by atoms with E-state index >= 15 is 0 Å². The quantitative estimate of drug-likeness (QED) is 0.586. The summed E-state index contributed by atoms with van der Waals surface area (Å²) < 4.78 is 26.9. The van der Waals surface area contributed by atoms with E-state index in [1.54, 1.807) is 6.92 Å². The lowest BCUT2D eigenvalue weighted by molar-refractivity contribution is 0.0787. The first-order valence-corrected chi connectivity index (χ1v) is 5.63. The predicted octanol–water partition coefficient (Wildman–Crippen LogP) is 1.69. The van der Waals surface area contributed by atoms with Crippen molar-refractivity contribution in [3.05, 3.63) is 33.8 Å². The molecule has 0 fully saturated rings. The zero-order valence-electron chi connectivity index (χ0n) is 8.93. The lowest BCUT2D eigenvalue weighted by atomic mass is 10.2. The summed E-state index contributed by atoms with van der Waals surface area (Å²) in [6.07, 6.45) is -0.633. The minimum absolute atomic E-state index is 0.200. The lowest BCUT2D eigenvalue weighted by Gasteiger charge is -2.12. The van der Waals surface area contributed by atoms with Crippen molar-refractivity contribution in [3.8, 4) is 0 Å². The average Bonchev–Trinajstić information content (AvgIpc) is 2.24. The normalized spacial score (nSPS) is 12.3. The number of carbonyl (C=O) groups excluding carboxylic acids is 1. The number of benzene rings is 1. The van der Waals surface area contributed by atoms with Crippen LogP contribution < -0.4 is 10.9 Å². The van der Waals surface area contributed by atoms with Crippen LogP contribution in [0.5, 0.6) is 0 Å². The average molecular weight is 309 g/mol. The standard InChI is InChI=1S/C10H11BrF2N2O2/c1-2-8(16)14-15-10(17)9-6(12)3-5(11)4-7(9)13/h3-4,8,14,16H,2H2,1H3,(H,15,17). The topological polar surface area (TPSA) is 61.4 Å². The molecule has 1 atom stereocenters. The molecule has 7 heteroatoms. The summed E-state index contributed by atoms with van der Waals surface area (Å²) in [7, 11) is 0. The third-order valence-corrected chi connectivity index (χ3v) is 2.43. The largest absolute Gasteiger partial charge is 0.377 e. The van der Waals surface area contributed by atoms with E-state index < -0.39 is 29.3 Å². The summed E-state index contributed by atoms with van der Waals surface area (Å²) in [6.45, 7) is 1.67. The Labute approximate surface area is 105 Å². The van der Waals surface area contributed by atoms with Crippen LogP contribution in [0.25, 0.3) is 0 Å². The number of hydrazine groups is 1. The fourth-order valence-corrected chi connectivity index (χ4v) is 1.47. The molecule has 1 unspecified atom stereocenters. The second-order valence-electron chi connectivity index (χ2n) is 3.27. The number of aliphatic hydroxyl groups is 1. The molecule has 94 valence electrons. The Kier molecular flexibility index (Phi) is 4.98. The highest BCUT2D eigenvalue weighted by atomic mass is 79.9. The monoisotopic (exact) mass is 308 g/mol. The molecule has 4 nitrogen and oxygen atoms in total. The highest BCUT2D eigenvalue weighted by Gasteiger charge is 2.18. The van der Waals surface area contributed by atoms with E-state index in [1.165, 1.54) is 0 Å². The third kappa shape index (κ3) is 3.72. The molecule has 0 aliphatic carbocycles. The molecule has 0 saturated heterocycles. The maximum atomic E-state index is 13.3. The molecular weight excluding hydrogens is 298 g/mol. The molecule has 17 heavy (non-hydrogen) atoms. The summed E-state index contributed by atoms with van der Waals surface area (Å²) in [6, 6.07) is 1.96. The molecule has 0 aliphatic rings. The van der Waals surface area contributed by atoms with E-state index in [0.717, 1.165) is 12.1 Å². The van der Waals surface area contributed by atoms with Crippen LogP contribution in [0.4, 0.5) is 8.78 Å². The number of nitrogens with one attached hydrogen (secondary N) is 2. The van der Waals surface area contributed by atoms with E-state index in [0.29, 0.717) is 6.42 Å². The van der Waals surface area contributed by atoms with Crippen molar-refractivity contribution < 1.29 is 18.7 Å². The molecule has 0 radical (unpaired) electrons. The number of hydrogen-bond acceptors (Lipinski definition) is 3. The summed E-state index contributed by atoms with van der Waals surface area (Å²) >= 11 is 2.90. The number of amides is 1. The second kappa shape index (κ2) is 6.04. The maximum absolute atomic E-state index is 13.3. The first kappa shape index (κ1) is 14.0. The van der Waals surface area contributed by atoms with Gasteiger partial charge in [-0.15, -0.1) is 0 Å². The Morgan fingerprint density at radius 2 is 2.00 bits per heavy atom. The number of aliphatic hydroxyl groups excluding tert-OH is 1. The Morgan fingerprint density at radius 3 is 2.47 bits per heavy atom. The third-order valence-electron chi connectivity index (χ3n) is 1.97. The van der Waals surface area contributed by atoms with Gasteiger partial charge in [-0.1, -0.05) is 22.9 Å². The summed E-state index contributed by atoms with van der Waals surface area (Å²) in [5.74, 6) is -2.95. The van der Waals surface area contributed by atoms with Crippen LogP contribution in [-0.4, -0.2) is 17.2 Å². The summed E-state index contributed by atoms with van der Waals surface area (Å²) in [4.78, 5) is 11.4. The van der Waals surface area contributed by atoms with Gasteiger partial charge < -0.3 is 5.11 Å². The molecule has 1 aromatic rings. The van der Waals surface area contributed by atoms with Crippen LogP contribution >= 0.6 is 15.9 Å². The van der Waals surface area contributed by atoms with Gasteiger partial charge in [0.15, 0.2) is 0 Å². The van der Waals surface area contributed by atoms with Gasteiger partial charge in [-0.3, -0.25) is 10.2 Å². The van der Waals surface area contributed by atoms with Crippen molar-refractivity contribution in [3.63, 3.8) is 0 Å². The molecule has 3 N–H and O–H groups in total. The van der Waals surface area contributed by atoms with Crippen LogP contribution in [0.15, 0.2) is 16.6 Å². The van der Waals surface area contributed by atoms with Crippen molar-refractivity contribution in [1.29, 1.82) is 0 Å². The predicted molar refractivity (Wildman–Crippen MR) is 61.0 cm³/mol. The van der Waals surface area contributed by atoms with E-state index in [1.807, 2.05) is 5.43 Å². The Morgan fingerprint density at radius 1 is 1.47 bits per heavy atom. The zero-order valence-corrected chi connectivity index (χ0v) is 10.5. The van der Waals surface area contributed by atoms with Crippen LogP contribution in [0.1, 0.15) is 23.7 Å². The lowest BCUT2D eigenvalue weighted by Crippen LogP contribution is -2.44. The molecule has 1 rings (SSSR count). The molecule has 0 bridgehead atoms. The van der Waals surface area contributed by atoms with Crippen molar-refractivity contribution in [1.82, 2.24) is 10.9 Å². The Hall–Kier alpha value is -1.05. The molecule has 0 aromatic heterocycles. The fraction of sp³-hybridized carbons (Fsp3) is 0.300. The first-order valence-electron chi connectivity index (χ1n) is 4.84. The van der Waals surface area contributed by atoms with Gasteiger partial charge in [-0.25, -0.2) is 14.2 Å². The number of carbonyl (C=O) groups is 1. The van der Waals surface area contributed by atoms with Gasteiger partial charge in [0.05, 0.1) is 0 Å². The van der Waals surface area contributed by atoms with Crippen LogP contribution in [0.2, 0.25) is 0 Å². The molecule has 1 amide bonds. The van der Waals surface area contributed by atoms with E-state index in [-0.39, 0.29) is 4.47 Å². The SMILES string of the molecule is CCC(O)NNC(=O)c1c(F)cc(Br)cc1F. The summed E-state index contributed by atoms with van der Waals surface area (Å²) in [5, 5.41) is 9.12. The summed E-state index contributed by atoms with van der Waals surface area (Å²) in [5.41, 5.74) is 3.52. The Balaban J connectivity index is 2.82. The minimum atomic E-state index is -0.986. The van der Waals surface area contributed by atoms with E-state index in [9.17, 15) is 13.6 Å². The molecule has 0 spiro atoms. The van der Waals surface area contributed by atoms with Crippen molar-refractivity contribution in [2.24, 2.45) is 0 Å². The van der Waals surface area contributed by atoms with Gasteiger partial charge in [-0.05, 0) is 18.6 Å². The van der Waals surface area contributed by atoms with E-state index in [4.69, 9.17) is 5.11 Å². The van der Waals surface area contributed by atoms with Crippen molar-refractivity contribution in [2.75, 3.05) is 0 Å². The molecular formula is C10H11BrF2N2O2. The molecule has 1 aromatic carbocycles.